The summed E-state index contributed by atoms with van der Waals surface area (Å²) in [5.41, 5.74) is 6.11. The fourth-order valence-corrected chi connectivity index (χ4v) is 9.98. The van der Waals surface area contributed by atoms with Crippen LogP contribution in [0.3, 0.4) is 0 Å². The van der Waals surface area contributed by atoms with Crippen molar-refractivity contribution < 1.29 is 24.5 Å². The van der Waals surface area contributed by atoms with Crippen molar-refractivity contribution in [1.29, 1.82) is 0 Å². The molecule has 2 amide bonds. The van der Waals surface area contributed by atoms with Crippen molar-refractivity contribution in [3.63, 3.8) is 0 Å². The van der Waals surface area contributed by atoms with E-state index in [-0.39, 0.29) is 42.9 Å². The first-order valence-electron chi connectivity index (χ1n) is 17.4. The quantitative estimate of drug-likeness (QED) is 0.164. The molecule has 3 aromatic carbocycles. The normalized spacial score (nSPS) is 31.1. The smallest absolute Gasteiger partial charge is 0.315 e. The predicted octanol–water partition coefficient (Wildman–Crippen LogP) is 7.13. The number of urea groups is 1. The highest BCUT2D eigenvalue weighted by Crippen LogP contribution is 2.55. The Bertz CT molecular complexity index is 1480. The van der Waals surface area contributed by atoms with Crippen LogP contribution in [-0.4, -0.2) is 46.0 Å². The van der Waals surface area contributed by atoms with Gasteiger partial charge in [0.25, 0.3) is 0 Å². The molecule has 47 heavy (non-hydrogen) atoms. The molecule has 1 saturated heterocycles. The van der Waals surface area contributed by atoms with E-state index in [9.17, 15) is 15.0 Å². The topological polar surface area (TPSA) is 100 Å². The minimum absolute atomic E-state index is 0.00630. The highest BCUT2D eigenvalue weighted by atomic mass is 32.2. The van der Waals surface area contributed by atoms with E-state index in [0.29, 0.717) is 12.3 Å². The van der Waals surface area contributed by atoms with Crippen LogP contribution < -0.4 is 10.6 Å². The summed E-state index contributed by atoms with van der Waals surface area (Å²) in [4.78, 5) is 13.2. The molecule has 3 aromatic rings. The average molecular weight is 657 g/mol. The van der Waals surface area contributed by atoms with Gasteiger partial charge < -0.3 is 30.3 Å². The van der Waals surface area contributed by atoms with Gasteiger partial charge in [-0.1, -0.05) is 79.7 Å². The number of hydrogen-bond donors (Lipinski definition) is 4. The number of thioether (sulfide) groups is 1. The van der Waals surface area contributed by atoms with Gasteiger partial charge in [0, 0.05) is 35.1 Å². The molecule has 4 atom stereocenters. The molecule has 1 aliphatic heterocycles. The lowest BCUT2D eigenvalue weighted by Gasteiger charge is -2.56. The van der Waals surface area contributed by atoms with Gasteiger partial charge in [-0.25, -0.2) is 4.79 Å². The number of hydrogen-bond acceptors (Lipinski definition) is 6. The highest BCUT2D eigenvalue weighted by molar-refractivity contribution is 7.99. The van der Waals surface area contributed by atoms with Crippen molar-refractivity contribution >= 4 is 17.8 Å². The average Bonchev–Trinajstić information content (AvgIpc) is 3.08. The number of carbonyl (C=O) groups is 1. The van der Waals surface area contributed by atoms with E-state index < -0.39 is 6.29 Å². The van der Waals surface area contributed by atoms with Gasteiger partial charge in [0.05, 0.1) is 25.4 Å². The second-order valence-electron chi connectivity index (χ2n) is 14.4. The summed E-state index contributed by atoms with van der Waals surface area (Å²) < 4.78 is 13.2. The van der Waals surface area contributed by atoms with Gasteiger partial charge in [-0.15, -0.1) is 0 Å². The van der Waals surface area contributed by atoms with Gasteiger partial charge in [-0.3, -0.25) is 0 Å². The molecule has 4 saturated carbocycles. The maximum Gasteiger partial charge on any atom is 0.315 e. The van der Waals surface area contributed by atoms with Crippen LogP contribution in [-0.2, 0) is 22.6 Å². The number of rotatable bonds is 11. The third-order valence-electron chi connectivity index (χ3n) is 11.0. The maximum absolute atomic E-state index is 13.2. The summed E-state index contributed by atoms with van der Waals surface area (Å²) in [7, 11) is 0. The van der Waals surface area contributed by atoms with Crippen LogP contribution in [0.4, 0.5) is 4.79 Å². The summed E-state index contributed by atoms with van der Waals surface area (Å²) in [5.74, 6) is 3.91. The first-order valence-corrected chi connectivity index (χ1v) is 18.5. The van der Waals surface area contributed by atoms with Crippen LogP contribution in [0.1, 0.15) is 80.1 Å². The van der Waals surface area contributed by atoms with Crippen molar-refractivity contribution in [3.05, 3.63) is 95.1 Å². The number of aliphatic hydroxyl groups excluding tert-OH is 2. The molecule has 8 heteroatoms. The number of carbonyl (C=O) groups excluding carboxylic acids is 1. The molecule has 1 heterocycles. The lowest BCUT2D eigenvalue weighted by molar-refractivity contribution is -0.268. The number of nitrogens with one attached hydrogen (secondary N) is 2. The van der Waals surface area contributed by atoms with E-state index in [1.807, 2.05) is 36.4 Å². The van der Waals surface area contributed by atoms with Crippen LogP contribution in [0.2, 0.25) is 0 Å². The van der Waals surface area contributed by atoms with E-state index >= 15 is 0 Å². The van der Waals surface area contributed by atoms with Crippen molar-refractivity contribution in [3.8, 4) is 11.1 Å². The third-order valence-corrected chi connectivity index (χ3v) is 12.0. The number of ether oxygens (including phenoxy) is 2. The Morgan fingerprint density at radius 1 is 0.872 bits per heavy atom. The Hall–Kier alpha value is -2.88. The standard InChI is InChI=1S/C39H48N2O5S/c1-25-35(24-47-15-14-42)45-37(46-36(25)31-8-6-26(23-43)7-9-31)32-12-10-30(11-13-32)34-5-3-2-4-33(34)22-40-38(44)41-39-19-27-16-28(20-39)18-29(17-27)21-39/h2-13,25,27-29,35-37,42-43H,14-24H2,1H3,(H2,40,41,44). The molecule has 4 N–H and O–H groups in total. The van der Waals surface area contributed by atoms with Crippen molar-refractivity contribution in [2.75, 3.05) is 18.1 Å². The molecule has 4 aliphatic carbocycles. The van der Waals surface area contributed by atoms with Crippen molar-refractivity contribution in [2.24, 2.45) is 23.7 Å². The second kappa shape index (κ2) is 14.3. The van der Waals surface area contributed by atoms with Crippen LogP contribution >= 0.6 is 11.8 Å². The van der Waals surface area contributed by atoms with Crippen molar-refractivity contribution in [2.45, 2.75) is 82.6 Å². The van der Waals surface area contributed by atoms with Gasteiger partial charge in [0.15, 0.2) is 6.29 Å². The zero-order valence-corrected chi connectivity index (χ0v) is 28.1. The first kappa shape index (κ1) is 32.7. The molecule has 8 rings (SSSR count). The Balaban J connectivity index is 1.03. The fraction of sp³-hybridized carbons (Fsp3) is 0.513. The van der Waals surface area contributed by atoms with Crippen molar-refractivity contribution in [1.82, 2.24) is 10.6 Å². The van der Waals surface area contributed by atoms with Gasteiger partial charge >= 0.3 is 6.03 Å². The molecule has 4 bridgehead atoms. The Kier molecular flexibility index (Phi) is 9.94. The summed E-state index contributed by atoms with van der Waals surface area (Å²) in [5, 5.41) is 25.5. The summed E-state index contributed by atoms with van der Waals surface area (Å²) >= 11 is 1.69. The molecular weight excluding hydrogens is 609 g/mol. The van der Waals surface area contributed by atoms with Gasteiger partial charge in [-0.2, -0.15) is 11.8 Å². The number of aliphatic hydroxyl groups is 2. The van der Waals surface area contributed by atoms with Gasteiger partial charge in [-0.05, 0) is 84.1 Å². The molecule has 5 fully saturated rings. The minimum atomic E-state index is -0.535. The Morgan fingerprint density at radius 2 is 1.53 bits per heavy atom. The van der Waals surface area contributed by atoms with E-state index in [4.69, 9.17) is 9.47 Å². The zero-order chi connectivity index (χ0) is 32.4. The van der Waals surface area contributed by atoms with E-state index in [1.165, 1.54) is 19.3 Å². The van der Waals surface area contributed by atoms with E-state index in [0.717, 1.165) is 76.1 Å². The van der Waals surface area contributed by atoms with Gasteiger partial charge in [0.2, 0.25) is 0 Å². The zero-order valence-electron chi connectivity index (χ0n) is 27.3. The molecule has 0 radical (unpaired) electrons. The molecule has 4 unspecified atom stereocenters. The van der Waals surface area contributed by atoms with E-state index in [2.05, 4.69) is 54.0 Å². The maximum atomic E-state index is 13.2. The van der Waals surface area contributed by atoms with Crippen LogP contribution in [0.5, 0.6) is 0 Å². The monoisotopic (exact) mass is 656 g/mol. The van der Waals surface area contributed by atoms with Crippen LogP contribution in [0, 0.1) is 23.7 Å². The Morgan fingerprint density at radius 3 is 2.19 bits per heavy atom. The highest BCUT2D eigenvalue weighted by Gasteiger charge is 2.51. The lowest BCUT2D eigenvalue weighted by Crippen LogP contribution is -2.61. The number of amides is 2. The summed E-state index contributed by atoms with van der Waals surface area (Å²) in [6.45, 7) is 2.77. The minimum Gasteiger partial charge on any atom is -0.396 e. The summed E-state index contributed by atoms with van der Waals surface area (Å²) in [6.07, 6.45) is 6.74. The molecule has 0 spiro atoms. The fourth-order valence-electron chi connectivity index (χ4n) is 9.07. The van der Waals surface area contributed by atoms with Crippen LogP contribution in [0.25, 0.3) is 11.1 Å². The molecule has 0 aromatic heterocycles. The summed E-state index contributed by atoms with van der Waals surface area (Å²) in [6, 6.07) is 24.5. The van der Waals surface area contributed by atoms with E-state index in [1.54, 1.807) is 11.8 Å². The second-order valence-corrected chi connectivity index (χ2v) is 15.6. The van der Waals surface area contributed by atoms with Crippen LogP contribution in [0.15, 0.2) is 72.8 Å². The SMILES string of the molecule is CC1C(CSCCO)OC(c2ccc(-c3ccccc3CNC(=O)NC34CC5CC(CC(C5)C3)C4)cc2)OC1c1ccc(CO)cc1. The molecule has 250 valence electrons. The Labute approximate surface area is 282 Å². The molecule has 7 nitrogen and oxygen atoms in total. The lowest BCUT2D eigenvalue weighted by atomic mass is 9.53. The molecular formula is C39H48N2O5S. The number of benzene rings is 3. The molecule has 5 aliphatic rings. The predicted molar refractivity (Wildman–Crippen MR) is 186 cm³/mol. The third kappa shape index (κ3) is 7.27. The van der Waals surface area contributed by atoms with Gasteiger partial charge in [0.1, 0.15) is 0 Å². The first-order chi connectivity index (χ1) is 22.9. The largest absolute Gasteiger partial charge is 0.396 e.